The number of hydrogen-bond acceptors (Lipinski definition) is 3. The molecule has 0 rings (SSSR count). The van der Waals surface area contributed by atoms with Crippen LogP contribution in [0.1, 0.15) is 6.42 Å². The molecule has 0 heterocycles. The molecule has 0 aliphatic heterocycles. The van der Waals surface area contributed by atoms with Crippen LogP contribution in [0.3, 0.4) is 0 Å². The zero-order valence-corrected chi connectivity index (χ0v) is 8.94. The molecule has 0 aliphatic rings. The van der Waals surface area contributed by atoms with Crippen LogP contribution in [0, 0.1) is 0 Å². The third-order valence-corrected chi connectivity index (χ3v) is 1.75. The highest BCUT2D eigenvalue weighted by molar-refractivity contribution is 6.29. The minimum Gasteiger partial charge on any atom is -0.369 e. The molecule has 2 amide bonds. The predicted octanol–water partition coefficient (Wildman–Crippen LogP) is -0.595. The summed E-state index contributed by atoms with van der Waals surface area (Å²) in [5.41, 5.74) is -1.52. The van der Waals surface area contributed by atoms with Crippen molar-refractivity contribution in [1.82, 2.24) is 10.6 Å². The summed E-state index contributed by atoms with van der Waals surface area (Å²) in [6, 6.07) is 0. The highest BCUT2D eigenvalue weighted by Crippen LogP contribution is 1.88. The number of halogens is 2. The number of carbonyl (C=O) groups is 2. The maximum absolute atomic E-state index is 10.7. The average molecular weight is 243 g/mol. The standard InChI is InChI=1S/C7H12Cl2N2O3/c8-4-5(12)10-2-1-3-11-7(14)6(9)13/h6,13H,1-4H2,(H,10,12)(H,11,14). The van der Waals surface area contributed by atoms with Crippen molar-refractivity contribution >= 4 is 35.0 Å². The molecule has 1 unspecified atom stereocenters. The van der Waals surface area contributed by atoms with Gasteiger partial charge in [0, 0.05) is 13.1 Å². The molecule has 0 aromatic rings. The zero-order chi connectivity index (χ0) is 11.0. The summed E-state index contributed by atoms with van der Waals surface area (Å²) in [4.78, 5) is 21.3. The lowest BCUT2D eigenvalue weighted by atomic mass is 10.4. The van der Waals surface area contributed by atoms with Crippen LogP contribution in [-0.2, 0) is 9.59 Å². The van der Waals surface area contributed by atoms with E-state index in [1.165, 1.54) is 0 Å². The van der Waals surface area contributed by atoms with Crippen molar-refractivity contribution in [3.8, 4) is 0 Å². The van der Waals surface area contributed by atoms with E-state index in [0.717, 1.165) is 0 Å². The van der Waals surface area contributed by atoms with Gasteiger partial charge in [-0.15, -0.1) is 11.6 Å². The van der Waals surface area contributed by atoms with Crippen molar-refractivity contribution in [1.29, 1.82) is 0 Å². The smallest absolute Gasteiger partial charge is 0.264 e. The van der Waals surface area contributed by atoms with Crippen LogP contribution in [0.5, 0.6) is 0 Å². The van der Waals surface area contributed by atoms with Gasteiger partial charge in [0.15, 0.2) is 0 Å². The van der Waals surface area contributed by atoms with E-state index in [1.807, 2.05) is 0 Å². The largest absolute Gasteiger partial charge is 0.369 e. The molecule has 0 saturated carbocycles. The molecule has 0 aromatic heterocycles. The highest BCUT2D eigenvalue weighted by atomic mass is 35.5. The first kappa shape index (κ1) is 13.5. The van der Waals surface area contributed by atoms with Crippen molar-refractivity contribution in [2.45, 2.75) is 12.0 Å². The first-order valence-electron chi connectivity index (χ1n) is 4.00. The second kappa shape index (κ2) is 7.84. The van der Waals surface area contributed by atoms with Crippen molar-refractivity contribution in [3.05, 3.63) is 0 Å². The van der Waals surface area contributed by atoms with E-state index in [1.54, 1.807) is 0 Å². The first-order valence-corrected chi connectivity index (χ1v) is 4.97. The number of aliphatic hydroxyl groups excluding tert-OH is 1. The molecule has 14 heavy (non-hydrogen) atoms. The summed E-state index contributed by atoms with van der Waals surface area (Å²) in [6.07, 6.45) is 0.554. The summed E-state index contributed by atoms with van der Waals surface area (Å²) >= 11 is 10.3. The maximum atomic E-state index is 10.7. The van der Waals surface area contributed by atoms with Gasteiger partial charge in [0.2, 0.25) is 11.5 Å². The Kier molecular flexibility index (Phi) is 7.55. The second-order valence-electron chi connectivity index (χ2n) is 2.46. The maximum Gasteiger partial charge on any atom is 0.264 e. The Hall–Kier alpha value is -0.520. The molecular weight excluding hydrogens is 231 g/mol. The molecule has 5 nitrogen and oxygen atoms in total. The summed E-state index contributed by atoms with van der Waals surface area (Å²) in [5, 5.41) is 13.5. The average Bonchev–Trinajstić information content (AvgIpc) is 2.16. The van der Waals surface area contributed by atoms with Crippen LogP contribution in [0.2, 0.25) is 0 Å². The van der Waals surface area contributed by atoms with E-state index in [9.17, 15) is 9.59 Å². The van der Waals surface area contributed by atoms with Crippen LogP contribution in [0.4, 0.5) is 0 Å². The number of alkyl halides is 2. The van der Waals surface area contributed by atoms with Crippen LogP contribution in [0.25, 0.3) is 0 Å². The molecule has 0 saturated heterocycles. The van der Waals surface area contributed by atoms with Gasteiger partial charge in [-0.1, -0.05) is 11.6 Å². The van der Waals surface area contributed by atoms with Gasteiger partial charge in [0.05, 0.1) is 0 Å². The number of carbonyl (C=O) groups excluding carboxylic acids is 2. The first-order chi connectivity index (χ1) is 6.57. The molecule has 1 atom stereocenters. The van der Waals surface area contributed by atoms with E-state index in [2.05, 4.69) is 10.6 Å². The quantitative estimate of drug-likeness (QED) is 0.430. The molecule has 7 heteroatoms. The molecule has 82 valence electrons. The molecule has 0 aromatic carbocycles. The van der Waals surface area contributed by atoms with Gasteiger partial charge in [0.1, 0.15) is 5.88 Å². The fourth-order valence-electron chi connectivity index (χ4n) is 0.659. The molecule has 0 spiro atoms. The van der Waals surface area contributed by atoms with Gasteiger partial charge in [0.25, 0.3) is 5.91 Å². The fourth-order valence-corrected chi connectivity index (χ4v) is 0.831. The lowest BCUT2D eigenvalue weighted by molar-refractivity contribution is -0.125. The topological polar surface area (TPSA) is 78.4 Å². The number of aliphatic hydroxyl groups is 1. The minimum absolute atomic E-state index is 0.0766. The van der Waals surface area contributed by atoms with E-state index >= 15 is 0 Å². The SMILES string of the molecule is O=C(CCl)NCCCNC(=O)C(O)Cl. The number of hydrogen-bond donors (Lipinski definition) is 3. The van der Waals surface area contributed by atoms with Crippen LogP contribution in [-0.4, -0.2) is 41.5 Å². The van der Waals surface area contributed by atoms with Crippen molar-refractivity contribution < 1.29 is 14.7 Å². The van der Waals surface area contributed by atoms with Gasteiger partial charge < -0.3 is 15.7 Å². The third-order valence-electron chi connectivity index (χ3n) is 1.31. The zero-order valence-electron chi connectivity index (χ0n) is 7.43. The summed E-state index contributed by atoms with van der Waals surface area (Å²) in [6.45, 7) is 0.759. The van der Waals surface area contributed by atoms with Gasteiger partial charge in [-0.2, -0.15) is 0 Å². The Morgan fingerprint density at radius 1 is 1.29 bits per heavy atom. The van der Waals surface area contributed by atoms with Crippen molar-refractivity contribution in [3.63, 3.8) is 0 Å². The van der Waals surface area contributed by atoms with E-state index in [0.29, 0.717) is 19.5 Å². The lowest BCUT2D eigenvalue weighted by Gasteiger charge is -2.06. The van der Waals surface area contributed by atoms with E-state index < -0.39 is 11.5 Å². The molecular formula is C7H12Cl2N2O3. The number of rotatable bonds is 6. The van der Waals surface area contributed by atoms with Crippen molar-refractivity contribution in [2.24, 2.45) is 0 Å². The molecule has 0 fully saturated rings. The Labute approximate surface area is 91.8 Å². The lowest BCUT2D eigenvalue weighted by Crippen LogP contribution is -2.34. The Morgan fingerprint density at radius 2 is 1.86 bits per heavy atom. The Bertz CT molecular complexity index is 199. The van der Waals surface area contributed by atoms with E-state index in [-0.39, 0.29) is 11.8 Å². The number of amides is 2. The molecule has 0 radical (unpaired) electrons. The highest BCUT2D eigenvalue weighted by Gasteiger charge is 2.08. The summed E-state index contributed by atoms with van der Waals surface area (Å²) < 4.78 is 0. The Morgan fingerprint density at radius 3 is 2.36 bits per heavy atom. The fraction of sp³-hybridized carbons (Fsp3) is 0.714. The van der Waals surface area contributed by atoms with Crippen LogP contribution >= 0.6 is 23.2 Å². The van der Waals surface area contributed by atoms with Gasteiger partial charge in [-0.05, 0) is 6.42 Å². The van der Waals surface area contributed by atoms with Crippen molar-refractivity contribution in [2.75, 3.05) is 19.0 Å². The Balaban J connectivity index is 3.30. The number of nitrogens with one attached hydrogen (secondary N) is 2. The molecule has 0 aliphatic carbocycles. The second-order valence-corrected chi connectivity index (χ2v) is 3.14. The van der Waals surface area contributed by atoms with E-state index in [4.69, 9.17) is 28.3 Å². The summed E-state index contributed by atoms with van der Waals surface area (Å²) in [7, 11) is 0. The minimum atomic E-state index is -1.52. The molecule has 0 bridgehead atoms. The van der Waals surface area contributed by atoms with Crippen LogP contribution in [0.15, 0.2) is 0 Å². The molecule has 3 N–H and O–H groups in total. The van der Waals surface area contributed by atoms with Gasteiger partial charge >= 0.3 is 0 Å². The normalized spacial score (nSPS) is 11.9. The van der Waals surface area contributed by atoms with Gasteiger partial charge in [-0.3, -0.25) is 9.59 Å². The van der Waals surface area contributed by atoms with Crippen LogP contribution < -0.4 is 10.6 Å². The van der Waals surface area contributed by atoms with Gasteiger partial charge in [-0.25, -0.2) is 0 Å². The predicted molar refractivity (Wildman–Crippen MR) is 53.2 cm³/mol. The third kappa shape index (κ3) is 6.94. The monoisotopic (exact) mass is 242 g/mol. The summed E-state index contributed by atoms with van der Waals surface area (Å²) in [5.74, 6) is -0.974.